The second kappa shape index (κ2) is 30.1. The Hall–Kier alpha value is -2.40. The molecule has 0 aromatic rings. The van der Waals surface area contributed by atoms with E-state index in [0.29, 0.717) is 18.7 Å². The van der Waals surface area contributed by atoms with Crippen molar-refractivity contribution in [2.45, 2.75) is 247 Å². The number of carbonyl (C=O) groups excluding carboxylic acids is 3. The van der Waals surface area contributed by atoms with E-state index in [1.165, 1.54) is 28.3 Å². The number of ether oxygens (including phenoxy) is 10. The Morgan fingerprint density at radius 3 is 2.09 bits per heavy atom. The molecular weight excluding hydrogens is 961 g/mol. The van der Waals surface area contributed by atoms with Crippen LogP contribution in [0.15, 0.2) is 5.16 Å². The Morgan fingerprint density at radius 1 is 0.824 bits per heavy atom. The highest BCUT2D eigenvalue weighted by molar-refractivity contribution is 5.90. The molecule has 74 heavy (non-hydrogen) atoms. The molecule has 0 bridgehead atoms. The molecule has 0 aromatic heterocycles. The molecular formula is C55H100N2O17. The van der Waals surface area contributed by atoms with Crippen LogP contribution in [0.4, 0.5) is 0 Å². The Bertz CT molecular complexity index is 1740. The van der Waals surface area contributed by atoms with E-state index in [9.17, 15) is 24.9 Å². The Labute approximate surface area is 443 Å². The van der Waals surface area contributed by atoms with Crippen LogP contribution in [0.2, 0.25) is 0 Å². The fraction of sp³-hybridized carbons (Fsp3) is 0.927. The van der Waals surface area contributed by atoms with Crippen molar-refractivity contribution in [3.05, 3.63) is 0 Å². The number of esters is 2. The van der Waals surface area contributed by atoms with Crippen LogP contribution in [0.3, 0.4) is 0 Å². The summed E-state index contributed by atoms with van der Waals surface area (Å²) in [5.74, 6) is -6.83. The molecule has 0 aliphatic carbocycles. The first-order valence-electron chi connectivity index (χ1n) is 27.1. The number of aliphatic hydroxyl groups excluding tert-OH is 2. The van der Waals surface area contributed by atoms with Crippen LogP contribution in [0.1, 0.15) is 149 Å². The molecule has 0 saturated carbocycles. The predicted molar refractivity (Wildman–Crippen MR) is 278 cm³/mol. The van der Waals surface area contributed by atoms with Crippen molar-refractivity contribution in [2.75, 3.05) is 41.0 Å². The van der Waals surface area contributed by atoms with Gasteiger partial charge in [0.25, 0.3) is 0 Å². The highest BCUT2D eigenvalue weighted by Crippen LogP contribution is 2.39. The van der Waals surface area contributed by atoms with Crippen LogP contribution in [0, 0.1) is 41.4 Å². The summed E-state index contributed by atoms with van der Waals surface area (Å²) in [5.41, 5.74) is -1.69. The fourth-order valence-corrected chi connectivity index (χ4v) is 11.5. The zero-order valence-corrected chi connectivity index (χ0v) is 47.2. The van der Waals surface area contributed by atoms with E-state index in [4.69, 9.17) is 52.2 Å². The summed E-state index contributed by atoms with van der Waals surface area (Å²) in [5, 5.41) is 39.1. The number of nitrogens with zero attached hydrogens (tertiary/aromatic N) is 2. The third kappa shape index (κ3) is 17.3. The summed E-state index contributed by atoms with van der Waals surface area (Å²) in [4.78, 5) is 51.4. The third-order valence-corrected chi connectivity index (χ3v) is 15.5. The summed E-state index contributed by atoms with van der Waals surface area (Å²) < 4.78 is 63.6. The van der Waals surface area contributed by atoms with Gasteiger partial charge < -0.3 is 67.5 Å². The first-order chi connectivity index (χ1) is 34.3. The van der Waals surface area contributed by atoms with E-state index in [0.717, 1.165) is 25.8 Å². The largest absolute Gasteiger partial charge is 0.461 e. The van der Waals surface area contributed by atoms with Gasteiger partial charge in [0.1, 0.15) is 49.3 Å². The first kappa shape index (κ1) is 65.9. The molecule has 0 amide bonds. The van der Waals surface area contributed by atoms with Crippen LogP contribution >= 0.6 is 0 Å². The van der Waals surface area contributed by atoms with Gasteiger partial charge in [-0.1, -0.05) is 80.8 Å². The quantitative estimate of drug-likeness (QED) is 0.0759. The molecule has 4 rings (SSSR count). The normalized spacial score (nSPS) is 41.4. The average molecular weight is 1060 g/mol. The van der Waals surface area contributed by atoms with Crippen LogP contribution in [0.5, 0.6) is 0 Å². The topological polar surface area (TPSA) is 229 Å². The van der Waals surface area contributed by atoms with E-state index < -0.39 is 139 Å². The maximum atomic E-state index is 15.3. The van der Waals surface area contributed by atoms with E-state index in [2.05, 4.69) is 23.9 Å². The minimum Gasteiger partial charge on any atom is -0.461 e. The smallest absolute Gasteiger partial charge is 0.311 e. The van der Waals surface area contributed by atoms with E-state index in [1.807, 2.05) is 48.5 Å². The second-order valence-electron chi connectivity index (χ2n) is 22.6. The summed E-state index contributed by atoms with van der Waals surface area (Å²) in [6.45, 7) is 27.3. The number of aliphatic hydroxyl groups is 3. The number of carbonyl (C=O) groups is 3. The summed E-state index contributed by atoms with van der Waals surface area (Å²) in [6, 6.07) is 0.0698. The number of oxime groups is 1. The lowest BCUT2D eigenvalue weighted by Gasteiger charge is -2.44. The molecule has 19 nitrogen and oxygen atoms in total. The summed E-state index contributed by atoms with van der Waals surface area (Å²) in [6.07, 6.45) is -8.51. The molecule has 4 heterocycles. The minimum absolute atomic E-state index is 0. The van der Waals surface area contributed by atoms with Crippen LogP contribution < -0.4 is 0 Å². The van der Waals surface area contributed by atoms with Crippen molar-refractivity contribution >= 4 is 23.4 Å². The number of cyclic esters (lactones) is 1. The number of methoxy groups -OCH3 is 2. The zero-order valence-electron chi connectivity index (χ0n) is 47.2. The van der Waals surface area contributed by atoms with Crippen molar-refractivity contribution in [1.82, 2.24) is 4.90 Å². The summed E-state index contributed by atoms with van der Waals surface area (Å²) in [7, 11) is 4.32. The molecule has 0 aromatic carbocycles. The zero-order chi connectivity index (χ0) is 54.6. The predicted octanol–water partition coefficient (Wildman–Crippen LogP) is 6.47. The maximum absolute atomic E-state index is 15.3. The van der Waals surface area contributed by atoms with E-state index in [1.54, 1.807) is 27.7 Å². The van der Waals surface area contributed by atoms with Crippen LogP contribution in [-0.4, -0.2) is 182 Å². The van der Waals surface area contributed by atoms with Crippen molar-refractivity contribution in [2.24, 2.45) is 46.6 Å². The van der Waals surface area contributed by atoms with Crippen LogP contribution in [0.25, 0.3) is 0 Å². The van der Waals surface area contributed by atoms with Crippen LogP contribution in [-0.2, 0) is 66.6 Å². The number of rotatable bonds is 18. The molecule has 0 spiro atoms. The van der Waals surface area contributed by atoms with Gasteiger partial charge in [0, 0.05) is 63.8 Å². The van der Waals surface area contributed by atoms with Gasteiger partial charge >= 0.3 is 11.9 Å². The van der Waals surface area contributed by atoms with Gasteiger partial charge in [0.05, 0.1) is 54.7 Å². The molecule has 4 aliphatic rings. The van der Waals surface area contributed by atoms with Crippen molar-refractivity contribution in [1.29, 1.82) is 0 Å². The molecule has 432 valence electrons. The number of unbranched alkanes of at least 4 members (excludes halogenated alkanes) is 2. The highest BCUT2D eigenvalue weighted by atomic mass is 16.7. The maximum Gasteiger partial charge on any atom is 0.311 e. The standard InChI is InChI=1S/C54H96N2O17.CH4/c1-18-19-20-21-56-26-33(8)67-41(23-31(56)6)71-47-34(9)44(73-52-43(59)39(55-65-17)24-32(7)68-52)29(4)25-54(14,62)50(60)36(11)46(70-40(57)22-28(2)3)35(10)45(72-51(61)37(47)12)30(5)27-66-53-49(64-16)48(63-15)42(58)38(13)69-53;/h28-38,41-49,52-53,58-59,62H,18-27H2,1-17H3;1H4/b55-39+;/t29-,30-,31?,32+,33-,34+,35-,36+,37+,38+,41-,42+,43+,44-,45+,46+,47-,48+,49+,52-,53+,54-;/m0./s1. The lowest BCUT2D eigenvalue weighted by molar-refractivity contribution is -0.305. The number of Topliss-reactive ketones (excluding diaryl/α,β-unsaturated/α-hetero) is 1. The second-order valence-corrected chi connectivity index (χ2v) is 22.6. The van der Waals surface area contributed by atoms with Gasteiger partial charge in [-0.2, -0.15) is 0 Å². The van der Waals surface area contributed by atoms with Gasteiger partial charge in [-0.15, -0.1) is 0 Å². The number of hydrogen-bond acceptors (Lipinski definition) is 19. The van der Waals surface area contributed by atoms with Gasteiger partial charge in [-0.25, -0.2) is 0 Å². The van der Waals surface area contributed by atoms with E-state index in [-0.39, 0.29) is 51.4 Å². The minimum atomic E-state index is -2.01. The van der Waals surface area contributed by atoms with Crippen molar-refractivity contribution < 1.29 is 81.9 Å². The molecule has 4 saturated heterocycles. The van der Waals surface area contributed by atoms with Crippen molar-refractivity contribution in [3.8, 4) is 0 Å². The molecule has 0 radical (unpaired) electrons. The third-order valence-electron chi connectivity index (χ3n) is 15.5. The average Bonchev–Trinajstić information content (AvgIpc) is 3.45. The van der Waals surface area contributed by atoms with E-state index >= 15 is 4.79 Å². The lowest BCUT2D eigenvalue weighted by Crippen LogP contribution is -2.59. The molecule has 19 heteroatoms. The molecule has 1 unspecified atom stereocenters. The van der Waals surface area contributed by atoms with Gasteiger partial charge in [-0.05, 0) is 72.8 Å². The monoisotopic (exact) mass is 1060 g/mol. The number of ketones is 1. The highest BCUT2D eigenvalue weighted by Gasteiger charge is 2.51. The molecule has 22 atom stereocenters. The molecule has 4 fully saturated rings. The molecule has 3 N–H and O–H groups in total. The van der Waals surface area contributed by atoms with Gasteiger partial charge in [-0.3, -0.25) is 19.3 Å². The lowest BCUT2D eigenvalue weighted by atomic mass is 9.74. The van der Waals surface area contributed by atoms with Gasteiger partial charge in [0.2, 0.25) is 0 Å². The fourth-order valence-electron chi connectivity index (χ4n) is 11.5. The van der Waals surface area contributed by atoms with Gasteiger partial charge in [0.15, 0.2) is 24.7 Å². The first-order valence-corrected chi connectivity index (χ1v) is 27.1. The summed E-state index contributed by atoms with van der Waals surface area (Å²) >= 11 is 0. The Morgan fingerprint density at radius 2 is 1.49 bits per heavy atom. The number of hydrogen-bond donors (Lipinski definition) is 3. The Balaban J connectivity index is 0.0000144. The van der Waals surface area contributed by atoms with Crippen molar-refractivity contribution in [3.63, 3.8) is 0 Å². The SMILES string of the molecule is C.CCCCCN1C[C@H](C)O[C@@H](O[C@H]2[C@H](C)[C@@H](O[C@@H]3O[C@H](C)C/C(=N\OC)[C@H]3O)[C@@H](C)C[C@](C)(O)C(=O)[C@H](C)[C@H](OC(=O)CC(C)C)[C@@H](C)[C@@H]([C@@H](C)CO[C@@H]3O[C@H](C)[C@@H](O)[C@@H](OC)[C@H]3OC)OC(=O)[C@@H]2C)CC1C. The Kier molecular flexibility index (Phi) is 26.8. The molecule has 4 aliphatic heterocycles.